The number of fused-ring (bicyclic) bond motifs is 1. The molecule has 118 valence electrons. The topological polar surface area (TPSA) is 56.5 Å². The SMILES string of the molecule is CCN(CC#N)CC(O)COCC1=CCC2CC1C2(C)C. The molecule has 1 saturated carbocycles. The van der Waals surface area contributed by atoms with E-state index in [1.807, 2.05) is 11.8 Å². The second-order valence-corrected chi connectivity index (χ2v) is 6.98. The first-order chi connectivity index (χ1) is 9.98. The Morgan fingerprint density at radius 3 is 2.90 bits per heavy atom. The van der Waals surface area contributed by atoms with E-state index in [1.54, 1.807) is 0 Å². The molecule has 2 bridgehead atoms. The first-order valence-corrected chi connectivity index (χ1v) is 8.03. The highest BCUT2D eigenvalue weighted by Gasteiger charge is 2.50. The van der Waals surface area contributed by atoms with Crippen LogP contribution in [0.1, 0.15) is 33.6 Å². The molecule has 4 nitrogen and oxygen atoms in total. The second-order valence-electron chi connectivity index (χ2n) is 6.98. The molecule has 1 N–H and O–H groups in total. The van der Waals surface area contributed by atoms with Crippen molar-refractivity contribution in [2.24, 2.45) is 17.3 Å². The first kappa shape index (κ1) is 16.5. The molecular weight excluding hydrogens is 264 g/mol. The van der Waals surface area contributed by atoms with Crippen LogP contribution in [0, 0.1) is 28.6 Å². The third-order valence-electron chi connectivity index (χ3n) is 5.37. The van der Waals surface area contributed by atoms with Crippen LogP contribution in [-0.4, -0.2) is 49.0 Å². The number of hydrogen-bond donors (Lipinski definition) is 1. The summed E-state index contributed by atoms with van der Waals surface area (Å²) in [5.74, 6) is 1.51. The number of nitriles is 1. The van der Waals surface area contributed by atoms with Crippen LogP contribution in [0.15, 0.2) is 11.6 Å². The van der Waals surface area contributed by atoms with Crippen molar-refractivity contribution < 1.29 is 9.84 Å². The Morgan fingerprint density at radius 2 is 2.33 bits per heavy atom. The normalized spacial score (nSPS) is 27.7. The van der Waals surface area contributed by atoms with Crippen molar-refractivity contribution in [2.75, 3.05) is 32.8 Å². The van der Waals surface area contributed by atoms with Crippen molar-refractivity contribution in [1.29, 1.82) is 5.26 Å². The van der Waals surface area contributed by atoms with E-state index in [0.717, 1.165) is 12.5 Å². The minimum Gasteiger partial charge on any atom is -0.389 e. The molecule has 0 radical (unpaired) electrons. The van der Waals surface area contributed by atoms with Gasteiger partial charge in [0.25, 0.3) is 0 Å². The predicted molar refractivity (Wildman–Crippen MR) is 82.6 cm³/mol. The van der Waals surface area contributed by atoms with Crippen molar-refractivity contribution in [3.05, 3.63) is 11.6 Å². The molecular formula is C17H28N2O2. The fourth-order valence-corrected chi connectivity index (χ4v) is 3.71. The van der Waals surface area contributed by atoms with Gasteiger partial charge in [0.15, 0.2) is 0 Å². The highest BCUT2D eigenvalue weighted by atomic mass is 16.5. The average molecular weight is 292 g/mol. The van der Waals surface area contributed by atoms with Gasteiger partial charge >= 0.3 is 0 Å². The van der Waals surface area contributed by atoms with Gasteiger partial charge in [0, 0.05) is 6.54 Å². The van der Waals surface area contributed by atoms with Crippen LogP contribution in [0.2, 0.25) is 0 Å². The summed E-state index contributed by atoms with van der Waals surface area (Å²) in [5.41, 5.74) is 1.84. The number of aliphatic hydroxyl groups excluding tert-OH is 1. The molecule has 3 unspecified atom stereocenters. The van der Waals surface area contributed by atoms with E-state index in [2.05, 4.69) is 26.0 Å². The molecule has 21 heavy (non-hydrogen) atoms. The zero-order valence-electron chi connectivity index (χ0n) is 13.5. The molecule has 3 aliphatic carbocycles. The van der Waals surface area contributed by atoms with Gasteiger partial charge in [0.2, 0.25) is 0 Å². The van der Waals surface area contributed by atoms with Gasteiger partial charge in [-0.1, -0.05) is 26.8 Å². The Bertz CT molecular complexity index is 425. The van der Waals surface area contributed by atoms with Crippen LogP contribution < -0.4 is 0 Å². The number of allylic oxidation sites excluding steroid dienone is 1. The average Bonchev–Trinajstić information content (AvgIpc) is 2.46. The number of hydrogen-bond acceptors (Lipinski definition) is 4. The Kier molecular flexibility index (Phi) is 5.43. The zero-order chi connectivity index (χ0) is 15.5. The maximum atomic E-state index is 9.99. The Labute approximate surface area is 128 Å². The van der Waals surface area contributed by atoms with Crippen molar-refractivity contribution in [3.63, 3.8) is 0 Å². The standard InChI is InChI=1S/C17H28N2O2/c1-4-19(8-7-18)10-15(20)12-21-11-13-5-6-14-9-16(13)17(14,2)3/h5,14-16,20H,4,6,8-12H2,1-3H3. The fourth-order valence-electron chi connectivity index (χ4n) is 3.71. The van der Waals surface area contributed by atoms with E-state index in [1.165, 1.54) is 18.4 Å². The first-order valence-electron chi connectivity index (χ1n) is 8.03. The molecule has 0 aromatic heterocycles. The van der Waals surface area contributed by atoms with Crippen LogP contribution in [-0.2, 0) is 4.74 Å². The minimum atomic E-state index is -0.523. The van der Waals surface area contributed by atoms with E-state index >= 15 is 0 Å². The predicted octanol–water partition coefficient (Wildman–Crippen LogP) is 2.20. The lowest BCUT2D eigenvalue weighted by Crippen LogP contribution is -2.48. The monoisotopic (exact) mass is 292 g/mol. The Morgan fingerprint density at radius 1 is 1.57 bits per heavy atom. The highest BCUT2D eigenvalue weighted by Crippen LogP contribution is 2.59. The van der Waals surface area contributed by atoms with Gasteiger partial charge in [-0.05, 0) is 42.2 Å². The molecule has 3 aliphatic rings. The number of ether oxygens (including phenoxy) is 1. The second kappa shape index (κ2) is 6.91. The molecule has 0 aromatic rings. The van der Waals surface area contributed by atoms with Crippen LogP contribution in [0.4, 0.5) is 0 Å². The number of nitrogens with zero attached hydrogens (tertiary/aromatic N) is 2. The number of aliphatic hydroxyl groups is 1. The molecule has 0 saturated heterocycles. The lowest BCUT2D eigenvalue weighted by Gasteiger charge is -2.56. The molecule has 4 heteroatoms. The van der Waals surface area contributed by atoms with Crippen LogP contribution in [0.5, 0.6) is 0 Å². The number of likely N-dealkylation sites (N-methyl/N-ethyl adjacent to an activating group) is 1. The quantitative estimate of drug-likeness (QED) is 0.550. The van der Waals surface area contributed by atoms with E-state index in [9.17, 15) is 5.11 Å². The molecule has 0 spiro atoms. The van der Waals surface area contributed by atoms with Gasteiger partial charge in [-0.25, -0.2) is 0 Å². The summed E-state index contributed by atoms with van der Waals surface area (Å²) >= 11 is 0. The molecule has 3 atom stereocenters. The van der Waals surface area contributed by atoms with Crippen molar-refractivity contribution in [3.8, 4) is 6.07 Å². The summed E-state index contributed by atoms with van der Waals surface area (Å²) < 4.78 is 5.72. The smallest absolute Gasteiger partial charge is 0.0900 e. The van der Waals surface area contributed by atoms with Gasteiger partial charge in [0.1, 0.15) is 0 Å². The van der Waals surface area contributed by atoms with Crippen LogP contribution in [0.3, 0.4) is 0 Å². The third kappa shape index (κ3) is 3.66. The highest BCUT2D eigenvalue weighted by molar-refractivity contribution is 5.23. The van der Waals surface area contributed by atoms with E-state index < -0.39 is 6.10 Å². The van der Waals surface area contributed by atoms with E-state index in [0.29, 0.717) is 37.6 Å². The molecule has 0 aromatic carbocycles. The van der Waals surface area contributed by atoms with Gasteiger partial charge in [0.05, 0.1) is 31.9 Å². The van der Waals surface area contributed by atoms with E-state index in [4.69, 9.17) is 10.00 Å². The van der Waals surface area contributed by atoms with Gasteiger partial charge < -0.3 is 9.84 Å². The third-order valence-corrected chi connectivity index (χ3v) is 5.37. The van der Waals surface area contributed by atoms with Crippen molar-refractivity contribution >= 4 is 0 Å². The van der Waals surface area contributed by atoms with Gasteiger partial charge in [-0.15, -0.1) is 0 Å². The maximum Gasteiger partial charge on any atom is 0.0900 e. The summed E-state index contributed by atoms with van der Waals surface area (Å²) in [6.07, 6.45) is 4.29. The van der Waals surface area contributed by atoms with Crippen LogP contribution in [0.25, 0.3) is 0 Å². The van der Waals surface area contributed by atoms with Crippen LogP contribution >= 0.6 is 0 Å². The molecule has 0 amide bonds. The summed E-state index contributed by atoms with van der Waals surface area (Å²) in [5, 5.41) is 18.7. The van der Waals surface area contributed by atoms with Crippen molar-refractivity contribution in [1.82, 2.24) is 4.90 Å². The molecule has 1 fully saturated rings. The molecule has 0 aliphatic heterocycles. The lowest BCUT2D eigenvalue weighted by molar-refractivity contribution is -0.0257. The Balaban J connectivity index is 1.70. The fraction of sp³-hybridized carbons (Fsp3) is 0.824. The summed E-state index contributed by atoms with van der Waals surface area (Å²) in [7, 11) is 0. The minimum absolute atomic E-state index is 0.343. The van der Waals surface area contributed by atoms with Gasteiger partial charge in [-0.2, -0.15) is 5.26 Å². The lowest BCUT2D eigenvalue weighted by atomic mass is 9.49. The molecule has 0 heterocycles. The zero-order valence-corrected chi connectivity index (χ0v) is 13.5. The summed E-state index contributed by atoms with van der Waals surface area (Å²) in [4.78, 5) is 1.92. The largest absolute Gasteiger partial charge is 0.389 e. The summed E-state index contributed by atoms with van der Waals surface area (Å²) in [6.45, 7) is 9.32. The maximum absolute atomic E-state index is 9.99. The number of rotatable bonds is 8. The van der Waals surface area contributed by atoms with Gasteiger partial charge in [-0.3, -0.25) is 4.90 Å². The molecule has 3 rings (SSSR count). The Hall–Kier alpha value is -0.890. The summed E-state index contributed by atoms with van der Waals surface area (Å²) in [6, 6.07) is 2.12. The van der Waals surface area contributed by atoms with Crippen molar-refractivity contribution in [2.45, 2.75) is 39.7 Å². The van der Waals surface area contributed by atoms with E-state index in [-0.39, 0.29) is 0 Å².